The molecule has 0 bridgehead atoms. The summed E-state index contributed by atoms with van der Waals surface area (Å²) in [5.41, 5.74) is 0.637. The van der Waals surface area contributed by atoms with E-state index < -0.39 is 10.0 Å². The van der Waals surface area contributed by atoms with Gasteiger partial charge in [0, 0.05) is 26.2 Å². The number of nitrogens with zero attached hydrogens (tertiary/aromatic N) is 4. The maximum atomic E-state index is 12.8. The van der Waals surface area contributed by atoms with Crippen LogP contribution >= 0.6 is 0 Å². The van der Waals surface area contributed by atoms with E-state index in [1.54, 1.807) is 32.4 Å². The van der Waals surface area contributed by atoms with Crippen LogP contribution < -0.4 is 9.47 Å². The van der Waals surface area contributed by atoms with E-state index in [4.69, 9.17) is 14.0 Å². The zero-order valence-corrected chi connectivity index (χ0v) is 18.3. The van der Waals surface area contributed by atoms with Crippen LogP contribution in [0.15, 0.2) is 22.7 Å². The molecule has 1 aromatic heterocycles. The summed E-state index contributed by atoms with van der Waals surface area (Å²) >= 11 is 0. The molecule has 2 heterocycles. The maximum absolute atomic E-state index is 12.8. The Morgan fingerprint density at radius 3 is 2.77 bits per heavy atom. The smallest absolute Gasteiger partial charge is 0.246 e. The van der Waals surface area contributed by atoms with E-state index in [9.17, 15) is 13.2 Å². The van der Waals surface area contributed by atoms with Crippen molar-refractivity contribution >= 4 is 15.9 Å². The third-order valence-electron chi connectivity index (χ3n) is 5.07. The van der Waals surface area contributed by atoms with Gasteiger partial charge in [0.05, 0.1) is 38.5 Å². The molecule has 0 radical (unpaired) electrons. The average Bonchev–Trinajstić information content (AvgIpc) is 3.20. The number of carbonyl (C=O) groups excluding carboxylic acids is 1. The van der Waals surface area contributed by atoms with E-state index in [1.807, 2.05) is 0 Å². The number of hydrogen-bond acceptors (Lipinski definition) is 8. The first-order valence-electron chi connectivity index (χ1n) is 9.48. The Bertz CT molecular complexity index is 1010. The molecule has 2 aromatic rings. The zero-order valence-electron chi connectivity index (χ0n) is 17.5. The minimum atomic E-state index is -3.31. The van der Waals surface area contributed by atoms with Crippen molar-refractivity contribution in [2.75, 3.05) is 40.6 Å². The molecule has 0 N–H and O–H groups in total. The fraction of sp³-hybridized carbons (Fsp3) is 0.526. The van der Waals surface area contributed by atoms with Crippen LogP contribution in [0.25, 0.3) is 11.4 Å². The molecule has 0 unspecified atom stereocenters. The molecule has 1 aromatic carbocycles. The third kappa shape index (κ3) is 4.90. The second-order valence-electron chi connectivity index (χ2n) is 7.23. The topological polar surface area (TPSA) is 115 Å². The predicted molar refractivity (Wildman–Crippen MR) is 108 cm³/mol. The molecule has 1 aliphatic heterocycles. The van der Waals surface area contributed by atoms with Crippen molar-refractivity contribution in [3.8, 4) is 22.9 Å². The number of aromatic nitrogens is 2. The van der Waals surface area contributed by atoms with Crippen molar-refractivity contribution in [1.29, 1.82) is 0 Å². The molecule has 1 saturated heterocycles. The van der Waals surface area contributed by atoms with Gasteiger partial charge in [-0.1, -0.05) is 5.16 Å². The fourth-order valence-corrected chi connectivity index (χ4v) is 4.36. The first-order valence-corrected chi connectivity index (χ1v) is 11.3. The summed E-state index contributed by atoms with van der Waals surface area (Å²) in [5.74, 6) is 1.25. The van der Waals surface area contributed by atoms with Crippen LogP contribution in [0.5, 0.6) is 11.5 Å². The van der Waals surface area contributed by atoms with E-state index in [1.165, 1.54) is 16.3 Å². The molecular formula is C19H26N4O6S. The van der Waals surface area contributed by atoms with Gasteiger partial charge in [0.25, 0.3) is 0 Å². The minimum absolute atomic E-state index is 0.125. The van der Waals surface area contributed by atoms with Gasteiger partial charge in [0.15, 0.2) is 0 Å². The molecule has 0 aliphatic carbocycles. The number of benzene rings is 1. The highest BCUT2D eigenvalue weighted by Crippen LogP contribution is 2.31. The molecule has 164 valence electrons. The molecule has 1 aliphatic rings. The summed E-state index contributed by atoms with van der Waals surface area (Å²) in [6.45, 7) is 0.767. The quantitative estimate of drug-likeness (QED) is 0.637. The molecule has 1 fully saturated rings. The van der Waals surface area contributed by atoms with Crippen molar-refractivity contribution in [2.24, 2.45) is 5.92 Å². The number of hydrogen-bond donors (Lipinski definition) is 0. The van der Waals surface area contributed by atoms with Crippen LogP contribution in [0.1, 0.15) is 18.7 Å². The van der Waals surface area contributed by atoms with E-state index in [0.29, 0.717) is 42.3 Å². The average molecular weight is 439 g/mol. The Labute approximate surface area is 175 Å². The normalized spacial score (nSPS) is 17.5. The van der Waals surface area contributed by atoms with Crippen LogP contribution in [-0.2, 0) is 21.4 Å². The van der Waals surface area contributed by atoms with Crippen molar-refractivity contribution < 1.29 is 27.2 Å². The Hall–Kier alpha value is -2.66. The van der Waals surface area contributed by atoms with Crippen LogP contribution in [0.3, 0.4) is 0 Å². The molecule has 30 heavy (non-hydrogen) atoms. The van der Waals surface area contributed by atoms with E-state index in [-0.39, 0.29) is 30.8 Å². The summed E-state index contributed by atoms with van der Waals surface area (Å²) < 4.78 is 40.8. The lowest BCUT2D eigenvalue weighted by molar-refractivity contribution is -0.136. The number of methoxy groups -OCH3 is 2. The van der Waals surface area contributed by atoms with Gasteiger partial charge in [0.2, 0.25) is 27.6 Å². The Morgan fingerprint density at radius 2 is 2.10 bits per heavy atom. The second-order valence-corrected chi connectivity index (χ2v) is 9.21. The van der Waals surface area contributed by atoms with Gasteiger partial charge in [-0.15, -0.1) is 0 Å². The summed E-state index contributed by atoms with van der Waals surface area (Å²) in [5, 5.41) is 3.99. The van der Waals surface area contributed by atoms with Gasteiger partial charge in [-0.05, 0) is 25.0 Å². The number of rotatable bonds is 7. The van der Waals surface area contributed by atoms with Crippen molar-refractivity contribution in [1.82, 2.24) is 19.3 Å². The molecule has 1 atom stereocenters. The summed E-state index contributed by atoms with van der Waals surface area (Å²) in [7, 11) is 1.43. The Kier molecular flexibility index (Phi) is 6.61. The summed E-state index contributed by atoms with van der Waals surface area (Å²) in [6.07, 6.45) is 2.46. The molecule has 11 heteroatoms. The molecule has 1 amide bonds. The van der Waals surface area contributed by atoms with Crippen LogP contribution in [0.2, 0.25) is 0 Å². The highest BCUT2D eigenvalue weighted by atomic mass is 32.2. The lowest BCUT2D eigenvalue weighted by atomic mass is 9.98. The summed E-state index contributed by atoms with van der Waals surface area (Å²) in [6, 6.07) is 5.25. The molecular weight excluding hydrogens is 412 g/mol. The van der Waals surface area contributed by atoms with Gasteiger partial charge in [-0.2, -0.15) is 4.98 Å². The highest BCUT2D eigenvalue weighted by molar-refractivity contribution is 7.88. The van der Waals surface area contributed by atoms with Crippen LogP contribution in [0, 0.1) is 5.92 Å². The van der Waals surface area contributed by atoms with Gasteiger partial charge < -0.3 is 18.9 Å². The third-order valence-corrected chi connectivity index (χ3v) is 6.34. The first kappa shape index (κ1) is 22.0. The standard InChI is InChI=1S/C19H26N4O6S/c1-22(19(24)13-6-5-9-23(11-13)30(4,25)26)12-17-20-18(21-29-17)15-8-7-14(27-2)10-16(15)28-3/h7-8,10,13H,5-6,9,11-12H2,1-4H3/t13-/m0/s1. The van der Waals surface area contributed by atoms with E-state index in [0.717, 1.165) is 6.26 Å². The van der Waals surface area contributed by atoms with Gasteiger partial charge in [0.1, 0.15) is 11.5 Å². The first-order chi connectivity index (χ1) is 14.2. The second kappa shape index (κ2) is 9.00. The number of ether oxygens (including phenoxy) is 2. The van der Waals surface area contributed by atoms with Crippen molar-refractivity contribution in [2.45, 2.75) is 19.4 Å². The summed E-state index contributed by atoms with van der Waals surface area (Å²) in [4.78, 5) is 18.7. The lowest BCUT2D eigenvalue weighted by Gasteiger charge is -2.32. The molecule has 0 saturated carbocycles. The number of carbonyl (C=O) groups is 1. The minimum Gasteiger partial charge on any atom is -0.497 e. The largest absolute Gasteiger partial charge is 0.497 e. The Balaban J connectivity index is 1.69. The number of sulfonamides is 1. The molecule has 3 rings (SSSR count). The van der Waals surface area contributed by atoms with Crippen LogP contribution in [0.4, 0.5) is 0 Å². The maximum Gasteiger partial charge on any atom is 0.246 e. The highest BCUT2D eigenvalue weighted by Gasteiger charge is 2.32. The monoisotopic (exact) mass is 438 g/mol. The molecule has 0 spiro atoms. The van der Waals surface area contributed by atoms with Gasteiger partial charge in [-0.25, -0.2) is 12.7 Å². The van der Waals surface area contributed by atoms with E-state index >= 15 is 0 Å². The number of piperidine rings is 1. The van der Waals surface area contributed by atoms with Crippen LogP contribution in [-0.4, -0.2) is 74.3 Å². The predicted octanol–water partition coefficient (Wildman–Crippen LogP) is 1.38. The lowest BCUT2D eigenvalue weighted by Crippen LogP contribution is -2.45. The van der Waals surface area contributed by atoms with Crippen molar-refractivity contribution in [3.63, 3.8) is 0 Å². The van der Waals surface area contributed by atoms with Gasteiger partial charge in [-0.3, -0.25) is 4.79 Å². The zero-order chi connectivity index (χ0) is 21.9. The fourth-order valence-electron chi connectivity index (χ4n) is 3.45. The van der Waals surface area contributed by atoms with E-state index in [2.05, 4.69) is 10.1 Å². The molecule has 10 nitrogen and oxygen atoms in total. The SMILES string of the molecule is COc1ccc(-c2noc(CN(C)C(=O)[C@H]3CCCN(S(C)(=O)=O)C3)n2)c(OC)c1. The van der Waals surface area contributed by atoms with Gasteiger partial charge >= 0.3 is 0 Å². The van der Waals surface area contributed by atoms with Crippen molar-refractivity contribution in [3.05, 3.63) is 24.1 Å². The Morgan fingerprint density at radius 1 is 1.33 bits per heavy atom. The number of amides is 1.